The lowest BCUT2D eigenvalue weighted by atomic mass is 9.86. The number of hydrogen-bond donors (Lipinski definition) is 1. The van der Waals surface area contributed by atoms with Crippen LogP contribution in [-0.4, -0.2) is 34.3 Å². The number of carbonyl (C=O) groups excluding carboxylic acids is 1. The lowest BCUT2D eigenvalue weighted by Gasteiger charge is -2.33. The van der Waals surface area contributed by atoms with E-state index in [1.807, 2.05) is 62.1 Å². The van der Waals surface area contributed by atoms with E-state index in [1.165, 1.54) is 51.4 Å². The van der Waals surface area contributed by atoms with Crippen LogP contribution in [0, 0.1) is 5.92 Å². The van der Waals surface area contributed by atoms with E-state index in [0.29, 0.717) is 11.2 Å². The minimum atomic E-state index is -0.726. The SMILES string of the molecule is C[C@H]([C@H](O)c1ccccc1)N(C)C(=O)C(CC1CCCC1)c1ccc(SC2CCCC2)c(Cl)c1. The largest absolute Gasteiger partial charge is 0.386 e. The molecular formula is C29H38ClNO2S. The molecule has 184 valence electrons. The van der Waals surface area contributed by atoms with Crippen LogP contribution in [0.1, 0.15) is 87.9 Å². The standard InChI is InChI=1S/C29H38ClNO2S/c1-20(28(32)22-12-4-3-5-13-22)31(2)29(33)25(18-21-10-6-7-11-21)23-16-17-27(26(30)19-23)34-24-14-8-9-15-24/h3-5,12-13,16-17,19-21,24-25,28,32H,6-11,14-15,18H2,1-2H3/t20-,25?,28+/m1/s1. The maximum Gasteiger partial charge on any atom is 0.230 e. The van der Waals surface area contributed by atoms with Crippen LogP contribution in [0.2, 0.25) is 5.02 Å². The second kappa shape index (κ2) is 12.0. The van der Waals surface area contributed by atoms with Gasteiger partial charge >= 0.3 is 0 Å². The molecule has 2 saturated carbocycles. The highest BCUT2D eigenvalue weighted by atomic mass is 35.5. The zero-order chi connectivity index (χ0) is 24.1. The zero-order valence-corrected chi connectivity index (χ0v) is 22.0. The van der Waals surface area contributed by atoms with Gasteiger partial charge in [0.15, 0.2) is 0 Å². The average molecular weight is 500 g/mol. The van der Waals surface area contributed by atoms with Crippen molar-refractivity contribution < 1.29 is 9.90 Å². The number of aliphatic hydroxyl groups excluding tert-OH is 1. The molecule has 0 aromatic heterocycles. The maximum atomic E-state index is 13.9. The zero-order valence-electron chi connectivity index (χ0n) is 20.5. The molecule has 34 heavy (non-hydrogen) atoms. The summed E-state index contributed by atoms with van der Waals surface area (Å²) >= 11 is 8.65. The summed E-state index contributed by atoms with van der Waals surface area (Å²) in [6.07, 6.45) is 10.2. The van der Waals surface area contributed by atoms with Crippen molar-refractivity contribution >= 4 is 29.3 Å². The third kappa shape index (κ3) is 6.19. The molecule has 2 aromatic rings. The van der Waals surface area contributed by atoms with Gasteiger partial charge in [0.1, 0.15) is 0 Å². The van der Waals surface area contributed by atoms with Gasteiger partial charge in [0, 0.05) is 17.2 Å². The smallest absolute Gasteiger partial charge is 0.230 e. The van der Waals surface area contributed by atoms with E-state index in [2.05, 4.69) is 12.1 Å². The summed E-state index contributed by atoms with van der Waals surface area (Å²) in [4.78, 5) is 16.7. The number of benzene rings is 2. The first-order valence-electron chi connectivity index (χ1n) is 12.9. The van der Waals surface area contributed by atoms with Crippen LogP contribution >= 0.6 is 23.4 Å². The van der Waals surface area contributed by atoms with Gasteiger partial charge in [0.25, 0.3) is 0 Å². The molecule has 3 atom stereocenters. The van der Waals surface area contributed by atoms with Crippen molar-refractivity contribution in [3.8, 4) is 0 Å². The minimum absolute atomic E-state index is 0.0710. The van der Waals surface area contributed by atoms with Gasteiger partial charge in [0.2, 0.25) is 5.91 Å². The molecule has 0 saturated heterocycles. The van der Waals surface area contributed by atoms with E-state index in [9.17, 15) is 9.90 Å². The van der Waals surface area contributed by atoms with E-state index >= 15 is 0 Å². The van der Waals surface area contributed by atoms with Crippen LogP contribution < -0.4 is 0 Å². The Morgan fingerprint density at radius 1 is 1.03 bits per heavy atom. The molecule has 2 fully saturated rings. The number of aliphatic hydroxyl groups is 1. The van der Waals surface area contributed by atoms with Gasteiger partial charge in [-0.05, 0) is 55.4 Å². The summed E-state index contributed by atoms with van der Waals surface area (Å²) < 4.78 is 0. The highest BCUT2D eigenvalue weighted by Gasteiger charge is 2.33. The molecule has 4 rings (SSSR count). The van der Waals surface area contributed by atoms with Crippen LogP contribution in [0.4, 0.5) is 0 Å². The average Bonchev–Trinajstić information content (AvgIpc) is 3.57. The van der Waals surface area contributed by atoms with Crippen LogP contribution in [0.3, 0.4) is 0 Å². The van der Waals surface area contributed by atoms with E-state index in [0.717, 1.165) is 27.5 Å². The summed E-state index contributed by atoms with van der Waals surface area (Å²) in [7, 11) is 1.83. The number of rotatable bonds is 9. The predicted molar refractivity (Wildman–Crippen MR) is 143 cm³/mol. The molecular weight excluding hydrogens is 462 g/mol. The van der Waals surface area contributed by atoms with Gasteiger partial charge in [-0.2, -0.15) is 0 Å². The minimum Gasteiger partial charge on any atom is -0.386 e. The predicted octanol–water partition coefficient (Wildman–Crippen LogP) is 7.62. The summed E-state index contributed by atoms with van der Waals surface area (Å²) in [5.41, 5.74) is 1.84. The third-order valence-corrected chi connectivity index (χ3v) is 9.69. The van der Waals surface area contributed by atoms with Crippen LogP contribution in [0.5, 0.6) is 0 Å². The van der Waals surface area contributed by atoms with Crippen LogP contribution in [0.25, 0.3) is 0 Å². The van der Waals surface area contributed by atoms with E-state index in [4.69, 9.17) is 11.6 Å². The fourth-order valence-corrected chi connectivity index (χ4v) is 7.13. The molecule has 0 bridgehead atoms. The Labute approximate surface area is 214 Å². The first-order chi connectivity index (χ1) is 16.4. The van der Waals surface area contributed by atoms with E-state index in [-0.39, 0.29) is 17.9 Å². The normalized spacial score (nSPS) is 19.8. The Bertz CT molecular complexity index is 940. The number of carbonyl (C=O) groups is 1. The van der Waals surface area contributed by atoms with Crippen molar-refractivity contribution in [2.75, 3.05) is 7.05 Å². The van der Waals surface area contributed by atoms with Gasteiger partial charge in [-0.25, -0.2) is 0 Å². The summed E-state index contributed by atoms with van der Waals surface area (Å²) in [6.45, 7) is 1.93. The number of hydrogen-bond acceptors (Lipinski definition) is 3. The van der Waals surface area contributed by atoms with Gasteiger partial charge in [-0.15, -0.1) is 11.8 Å². The molecule has 1 unspecified atom stereocenters. The highest BCUT2D eigenvalue weighted by molar-refractivity contribution is 8.00. The van der Waals surface area contributed by atoms with Crippen LogP contribution in [-0.2, 0) is 4.79 Å². The number of halogens is 1. The highest BCUT2D eigenvalue weighted by Crippen LogP contribution is 2.41. The Hall–Kier alpha value is -1.49. The number of amides is 1. The van der Waals surface area contributed by atoms with Gasteiger partial charge in [-0.1, -0.05) is 86.5 Å². The molecule has 2 aromatic carbocycles. The van der Waals surface area contributed by atoms with Crippen molar-refractivity contribution in [3.63, 3.8) is 0 Å². The molecule has 2 aliphatic carbocycles. The summed E-state index contributed by atoms with van der Waals surface area (Å²) in [6, 6.07) is 15.5. The fraction of sp³-hybridized carbons (Fsp3) is 0.552. The molecule has 0 spiro atoms. The lowest BCUT2D eigenvalue weighted by molar-refractivity contribution is -0.136. The topological polar surface area (TPSA) is 40.5 Å². The summed E-state index contributed by atoms with van der Waals surface area (Å²) in [5, 5.41) is 12.4. The molecule has 3 nitrogen and oxygen atoms in total. The number of nitrogens with zero attached hydrogens (tertiary/aromatic N) is 1. The molecule has 0 aliphatic heterocycles. The summed E-state index contributed by atoms with van der Waals surface area (Å²) in [5.74, 6) is 0.409. The molecule has 0 radical (unpaired) electrons. The second-order valence-corrected chi connectivity index (χ2v) is 11.9. The Morgan fingerprint density at radius 3 is 2.32 bits per heavy atom. The lowest BCUT2D eigenvalue weighted by Crippen LogP contribution is -2.42. The molecule has 1 amide bonds. The number of likely N-dealkylation sites (N-methyl/N-ethyl adjacent to an activating group) is 1. The van der Waals surface area contributed by atoms with E-state index < -0.39 is 6.10 Å². The van der Waals surface area contributed by atoms with Crippen LogP contribution in [0.15, 0.2) is 53.4 Å². The number of thioether (sulfide) groups is 1. The van der Waals surface area contributed by atoms with Gasteiger partial charge < -0.3 is 10.0 Å². The Kier molecular flexibility index (Phi) is 9.01. The van der Waals surface area contributed by atoms with Crippen molar-refractivity contribution in [1.29, 1.82) is 0 Å². The Morgan fingerprint density at radius 2 is 1.68 bits per heavy atom. The molecule has 1 N–H and O–H groups in total. The quantitative estimate of drug-likeness (QED) is 0.385. The maximum absolute atomic E-state index is 13.9. The first kappa shape index (κ1) is 25.6. The van der Waals surface area contributed by atoms with Crippen molar-refractivity contribution in [3.05, 3.63) is 64.7 Å². The molecule has 2 aliphatic rings. The second-order valence-electron chi connectivity index (χ2n) is 10.2. The van der Waals surface area contributed by atoms with Gasteiger partial charge in [-0.3, -0.25) is 4.79 Å². The molecule has 0 heterocycles. The fourth-order valence-electron chi connectivity index (χ4n) is 5.56. The first-order valence-corrected chi connectivity index (χ1v) is 14.2. The third-order valence-electron chi connectivity index (χ3n) is 7.85. The Balaban J connectivity index is 1.53. The van der Waals surface area contributed by atoms with E-state index in [1.54, 1.807) is 4.90 Å². The monoisotopic (exact) mass is 499 g/mol. The van der Waals surface area contributed by atoms with Gasteiger partial charge in [0.05, 0.1) is 23.1 Å². The van der Waals surface area contributed by atoms with Crippen molar-refractivity contribution in [2.45, 2.75) is 92.9 Å². The van der Waals surface area contributed by atoms with Crippen molar-refractivity contribution in [1.82, 2.24) is 4.90 Å². The molecule has 5 heteroatoms. The van der Waals surface area contributed by atoms with Crippen molar-refractivity contribution in [2.24, 2.45) is 5.92 Å².